The van der Waals surface area contributed by atoms with Crippen LogP contribution < -0.4 is 11.1 Å². The normalized spacial score (nSPS) is 12.8. The first-order chi connectivity index (χ1) is 7.50. The molecule has 90 valence electrons. The molecule has 5 heteroatoms. The van der Waals surface area contributed by atoms with E-state index in [0.717, 1.165) is 5.82 Å². The molecule has 0 spiro atoms. The van der Waals surface area contributed by atoms with Crippen LogP contribution in [0.2, 0.25) is 0 Å². The van der Waals surface area contributed by atoms with Crippen LogP contribution in [0.25, 0.3) is 0 Å². The van der Waals surface area contributed by atoms with Crippen molar-refractivity contribution >= 4 is 5.91 Å². The van der Waals surface area contributed by atoms with E-state index >= 15 is 0 Å². The van der Waals surface area contributed by atoms with Gasteiger partial charge in [0.05, 0.1) is 12.6 Å². The van der Waals surface area contributed by atoms with Crippen LogP contribution in [-0.2, 0) is 18.4 Å². The summed E-state index contributed by atoms with van der Waals surface area (Å²) in [7, 11) is 1.89. The van der Waals surface area contributed by atoms with Gasteiger partial charge in [-0.3, -0.25) is 4.79 Å². The van der Waals surface area contributed by atoms with Gasteiger partial charge < -0.3 is 15.6 Å². The van der Waals surface area contributed by atoms with E-state index in [1.165, 1.54) is 0 Å². The largest absolute Gasteiger partial charge is 0.348 e. The van der Waals surface area contributed by atoms with Crippen LogP contribution >= 0.6 is 0 Å². The zero-order chi connectivity index (χ0) is 12.1. The van der Waals surface area contributed by atoms with Gasteiger partial charge in [-0.15, -0.1) is 0 Å². The van der Waals surface area contributed by atoms with Gasteiger partial charge in [-0.25, -0.2) is 4.98 Å². The molecule has 3 N–H and O–H groups in total. The second kappa shape index (κ2) is 5.65. The molecule has 0 saturated heterocycles. The van der Waals surface area contributed by atoms with Gasteiger partial charge in [0.15, 0.2) is 0 Å². The van der Waals surface area contributed by atoms with Crippen molar-refractivity contribution in [3.05, 3.63) is 18.2 Å². The lowest BCUT2D eigenvalue weighted by Crippen LogP contribution is -2.41. The maximum atomic E-state index is 11.6. The van der Waals surface area contributed by atoms with Gasteiger partial charge in [0.2, 0.25) is 5.91 Å². The maximum absolute atomic E-state index is 11.6. The Kier molecular flexibility index (Phi) is 4.49. The molecule has 0 radical (unpaired) electrons. The van der Waals surface area contributed by atoms with Crippen molar-refractivity contribution in [2.24, 2.45) is 18.7 Å². The minimum atomic E-state index is -0.430. The minimum Gasteiger partial charge on any atom is -0.348 e. The van der Waals surface area contributed by atoms with Gasteiger partial charge in [0, 0.05) is 19.4 Å². The molecule has 1 aromatic heterocycles. The molecule has 1 aromatic rings. The Morgan fingerprint density at radius 3 is 2.81 bits per heavy atom. The van der Waals surface area contributed by atoms with Crippen molar-refractivity contribution in [2.75, 3.05) is 0 Å². The first-order valence-electron chi connectivity index (χ1n) is 5.50. The third-order valence-electron chi connectivity index (χ3n) is 2.40. The van der Waals surface area contributed by atoms with Crippen LogP contribution in [0, 0.1) is 5.92 Å². The molecular formula is C11H20N4O. The summed E-state index contributed by atoms with van der Waals surface area (Å²) < 4.78 is 1.87. The number of imidazole rings is 1. The fourth-order valence-corrected chi connectivity index (χ4v) is 1.48. The SMILES string of the molecule is CC(C)C[C@@H](N)C(=O)NCc1nccn1C. The highest BCUT2D eigenvalue weighted by Crippen LogP contribution is 2.02. The second-order valence-corrected chi connectivity index (χ2v) is 4.41. The number of nitrogens with one attached hydrogen (secondary N) is 1. The summed E-state index contributed by atoms with van der Waals surface area (Å²) in [6.07, 6.45) is 4.25. The Balaban J connectivity index is 2.38. The summed E-state index contributed by atoms with van der Waals surface area (Å²) in [6.45, 7) is 4.52. The second-order valence-electron chi connectivity index (χ2n) is 4.41. The van der Waals surface area contributed by atoms with E-state index in [9.17, 15) is 4.79 Å². The highest BCUT2D eigenvalue weighted by molar-refractivity contribution is 5.81. The number of nitrogens with two attached hydrogens (primary N) is 1. The van der Waals surface area contributed by atoms with Gasteiger partial charge in [0.25, 0.3) is 0 Å². The van der Waals surface area contributed by atoms with Crippen molar-refractivity contribution < 1.29 is 4.79 Å². The molecule has 0 aliphatic rings. The summed E-state index contributed by atoms with van der Waals surface area (Å²) in [5.74, 6) is 1.13. The topological polar surface area (TPSA) is 72.9 Å². The summed E-state index contributed by atoms with van der Waals surface area (Å²) in [6, 6.07) is -0.430. The zero-order valence-corrected chi connectivity index (χ0v) is 10.1. The summed E-state index contributed by atoms with van der Waals surface area (Å²) >= 11 is 0. The smallest absolute Gasteiger partial charge is 0.237 e. The van der Waals surface area contributed by atoms with Gasteiger partial charge in [0.1, 0.15) is 5.82 Å². The van der Waals surface area contributed by atoms with Gasteiger partial charge in [-0.1, -0.05) is 13.8 Å². The molecule has 0 aliphatic heterocycles. The Labute approximate surface area is 96.0 Å². The van der Waals surface area contributed by atoms with Crippen LogP contribution in [0.3, 0.4) is 0 Å². The fraction of sp³-hybridized carbons (Fsp3) is 0.636. The van der Waals surface area contributed by atoms with E-state index in [1.807, 2.05) is 31.7 Å². The van der Waals surface area contributed by atoms with Crippen LogP contribution in [-0.4, -0.2) is 21.5 Å². The number of amides is 1. The van der Waals surface area contributed by atoms with Gasteiger partial charge in [-0.05, 0) is 12.3 Å². The van der Waals surface area contributed by atoms with Crippen molar-refractivity contribution in [1.29, 1.82) is 0 Å². The number of nitrogens with zero attached hydrogens (tertiary/aromatic N) is 2. The number of hydrogen-bond donors (Lipinski definition) is 2. The third kappa shape index (κ3) is 3.66. The van der Waals surface area contributed by atoms with Crippen molar-refractivity contribution in [3.63, 3.8) is 0 Å². The molecule has 0 bridgehead atoms. The fourth-order valence-electron chi connectivity index (χ4n) is 1.48. The lowest BCUT2D eigenvalue weighted by molar-refractivity contribution is -0.122. The average molecular weight is 224 g/mol. The van der Waals surface area contributed by atoms with E-state index in [0.29, 0.717) is 18.9 Å². The molecule has 0 aliphatic carbocycles. The first-order valence-corrected chi connectivity index (χ1v) is 5.50. The minimum absolute atomic E-state index is 0.114. The predicted octanol–water partition coefficient (Wildman–Crippen LogP) is 0.410. The standard InChI is InChI=1S/C11H20N4O/c1-8(2)6-9(12)11(16)14-7-10-13-4-5-15(10)3/h4-5,8-9H,6-7,12H2,1-3H3,(H,14,16)/t9-/m1/s1. The van der Waals surface area contributed by atoms with Crippen LogP contribution in [0.1, 0.15) is 26.1 Å². The maximum Gasteiger partial charge on any atom is 0.237 e. The molecule has 1 rings (SSSR count). The summed E-state index contributed by atoms with van der Waals surface area (Å²) in [5.41, 5.74) is 5.76. The predicted molar refractivity (Wildman–Crippen MR) is 62.5 cm³/mol. The number of aryl methyl sites for hydroxylation is 1. The van der Waals surface area contributed by atoms with Crippen LogP contribution in [0.15, 0.2) is 12.4 Å². The molecule has 1 amide bonds. The number of aromatic nitrogens is 2. The van der Waals surface area contributed by atoms with Crippen molar-refractivity contribution in [3.8, 4) is 0 Å². The average Bonchev–Trinajstić information content (AvgIpc) is 2.59. The lowest BCUT2D eigenvalue weighted by atomic mass is 10.0. The summed E-state index contributed by atoms with van der Waals surface area (Å²) in [4.78, 5) is 15.7. The van der Waals surface area contributed by atoms with E-state index in [4.69, 9.17) is 5.73 Å². The molecule has 0 saturated carbocycles. The van der Waals surface area contributed by atoms with Gasteiger partial charge >= 0.3 is 0 Å². The van der Waals surface area contributed by atoms with E-state index in [-0.39, 0.29) is 5.91 Å². The number of hydrogen-bond acceptors (Lipinski definition) is 3. The van der Waals surface area contributed by atoms with Crippen molar-refractivity contribution in [2.45, 2.75) is 32.9 Å². The Morgan fingerprint density at radius 1 is 1.62 bits per heavy atom. The lowest BCUT2D eigenvalue weighted by Gasteiger charge is -2.13. The van der Waals surface area contributed by atoms with Crippen LogP contribution in [0.5, 0.6) is 0 Å². The van der Waals surface area contributed by atoms with Gasteiger partial charge in [-0.2, -0.15) is 0 Å². The molecule has 0 aromatic carbocycles. The Bertz CT molecular complexity index is 346. The molecule has 16 heavy (non-hydrogen) atoms. The molecule has 5 nitrogen and oxygen atoms in total. The zero-order valence-electron chi connectivity index (χ0n) is 10.1. The molecule has 0 unspecified atom stereocenters. The Hall–Kier alpha value is -1.36. The quantitative estimate of drug-likeness (QED) is 0.761. The Morgan fingerprint density at radius 2 is 2.31 bits per heavy atom. The third-order valence-corrected chi connectivity index (χ3v) is 2.40. The van der Waals surface area contributed by atoms with E-state index in [1.54, 1.807) is 6.20 Å². The van der Waals surface area contributed by atoms with Crippen molar-refractivity contribution in [1.82, 2.24) is 14.9 Å². The van der Waals surface area contributed by atoms with E-state index < -0.39 is 6.04 Å². The molecule has 1 heterocycles. The van der Waals surface area contributed by atoms with Crippen LogP contribution in [0.4, 0.5) is 0 Å². The molecule has 1 atom stereocenters. The molecule has 0 fully saturated rings. The number of rotatable bonds is 5. The monoisotopic (exact) mass is 224 g/mol. The summed E-state index contributed by atoms with van der Waals surface area (Å²) in [5, 5.41) is 2.78. The highest BCUT2D eigenvalue weighted by atomic mass is 16.2. The number of carbonyl (C=O) groups excluding carboxylic acids is 1. The first kappa shape index (κ1) is 12.7. The molecular weight excluding hydrogens is 204 g/mol. The highest BCUT2D eigenvalue weighted by Gasteiger charge is 2.14. The van der Waals surface area contributed by atoms with E-state index in [2.05, 4.69) is 10.3 Å². The number of carbonyl (C=O) groups is 1.